The molecule has 17 heavy (non-hydrogen) atoms. The maximum Gasteiger partial charge on any atom is 0.343 e. The molecule has 0 amide bonds. The summed E-state index contributed by atoms with van der Waals surface area (Å²) in [7, 11) is 1.22. The molecule has 0 atom stereocenters. The molecule has 0 aliphatic carbocycles. The quantitative estimate of drug-likeness (QED) is 0.360. The number of halogens is 1. The molecular formula is C10H10BrNO5. The van der Waals surface area contributed by atoms with Gasteiger partial charge in [-0.05, 0) is 11.6 Å². The number of rotatable bonds is 5. The van der Waals surface area contributed by atoms with E-state index in [9.17, 15) is 14.9 Å². The van der Waals surface area contributed by atoms with E-state index in [2.05, 4.69) is 20.7 Å². The van der Waals surface area contributed by atoms with Crippen LogP contribution < -0.4 is 4.74 Å². The predicted octanol–water partition coefficient (Wildman–Crippen LogP) is 2.04. The minimum atomic E-state index is -0.594. The fourth-order valence-electron chi connectivity index (χ4n) is 1.11. The summed E-state index contributed by atoms with van der Waals surface area (Å²) in [4.78, 5) is 21.1. The molecular weight excluding hydrogens is 294 g/mol. The van der Waals surface area contributed by atoms with Crippen molar-refractivity contribution in [3.05, 3.63) is 33.9 Å². The number of nitro groups is 1. The third-order valence-corrected chi connectivity index (χ3v) is 2.60. The first kappa shape index (κ1) is 13.4. The van der Waals surface area contributed by atoms with Gasteiger partial charge in [-0.2, -0.15) is 0 Å². The smallest absolute Gasteiger partial charge is 0.343 e. The highest BCUT2D eigenvalue weighted by molar-refractivity contribution is 9.08. The molecule has 0 saturated carbocycles. The monoisotopic (exact) mass is 303 g/mol. The standard InChI is InChI=1S/C10H10BrNO5/c1-16-10(13)6-17-9-3-2-7(5-11)4-8(9)12(14)15/h2-4H,5-6H2,1H3. The third kappa shape index (κ3) is 3.70. The summed E-state index contributed by atoms with van der Waals surface area (Å²) in [6.45, 7) is -0.356. The summed E-state index contributed by atoms with van der Waals surface area (Å²) >= 11 is 3.20. The highest BCUT2D eigenvalue weighted by Gasteiger charge is 2.16. The van der Waals surface area contributed by atoms with Gasteiger partial charge in [0.15, 0.2) is 12.4 Å². The van der Waals surface area contributed by atoms with E-state index in [1.807, 2.05) is 0 Å². The molecule has 0 radical (unpaired) electrons. The van der Waals surface area contributed by atoms with Crippen molar-refractivity contribution in [1.29, 1.82) is 0 Å². The minimum absolute atomic E-state index is 0.0464. The lowest BCUT2D eigenvalue weighted by Crippen LogP contribution is -2.13. The SMILES string of the molecule is COC(=O)COc1ccc(CBr)cc1[N+](=O)[O-]. The Morgan fingerprint density at radius 2 is 2.24 bits per heavy atom. The average Bonchev–Trinajstić information content (AvgIpc) is 2.35. The van der Waals surface area contributed by atoms with Crippen LogP contribution in [0.15, 0.2) is 18.2 Å². The van der Waals surface area contributed by atoms with E-state index in [4.69, 9.17) is 4.74 Å². The molecule has 1 aromatic rings. The van der Waals surface area contributed by atoms with E-state index in [0.717, 1.165) is 5.56 Å². The largest absolute Gasteiger partial charge is 0.475 e. The predicted molar refractivity (Wildman–Crippen MR) is 63.2 cm³/mol. The number of nitrogens with zero attached hydrogens (tertiary/aromatic N) is 1. The summed E-state index contributed by atoms with van der Waals surface area (Å²) in [5.41, 5.74) is 0.577. The number of benzene rings is 1. The zero-order valence-electron chi connectivity index (χ0n) is 9.01. The number of alkyl halides is 1. The average molecular weight is 304 g/mol. The van der Waals surface area contributed by atoms with E-state index >= 15 is 0 Å². The van der Waals surface area contributed by atoms with Crippen LogP contribution in [0.3, 0.4) is 0 Å². The normalized spacial score (nSPS) is 9.76. The molecule has 1 rings (SSSR count). The van der Waals surface area contributed by atoms with Crippen molar-refractivity contribution >= 4 is 27.6 Å². The number of hydrogen-bond donors (Lipinski definition) is 0. The van der Waals surface area contributed by atoms with Crippen molar-refractivity contribution in [2.24, 2.45) is 0 Å². The van der Waals surface area contributed by atoms with Crippen LogP contribution in [0, 0.1) is 10.1 Å². The number of nitro benzene ring substituents is 1. The molecule has 0 unspecified atom stereocenters. The van der Waals surface area contributed by atoms with Crippen LogP contribution in [-0.4, -0.2) is 24.6 Å². The summed E-state index contributed by atoms with van der Waals surface area (Å²) in [6.07, 6.45) is 0. The van der Waals surface area contributed by atoms with Gasteiger partial charge in [0, 0.05) is 11.4 Å². The summed E-state index contributed by atoms with van der Waals surface area (Å²) < 4.78 is 9.39. The summed E-state index contributed by atoms with van der Waals surface area (Å²) in [6, 6.07) is 4.52. The molecule has 92 valence electrons. The topological polar surface area (TPSA) is 78.7 Å². The van der Waals surface area contributed by atoms with Gasteiger partial charge in [-0.25, -0.2) is 4.79 Å². The van der Waals surface area contributed by atoms with Gasteiger partial charge in [-0.3, -0.25) is 10.1 Å². The molecule has 0 aromatic heterocycles. The number of carbonyl (C=O) groups is 1. The van der Waals surface area contributed by atoms with Crippen LogP contribution in [0.25, 0.3) is 0 Å². The van der Waals surface area contributed by atoms with Gasteiger partial charge >= 0.3 is 11.7 Å². The van der Waals surface area contributed by atoms with Crippen molar-refractivity contribution in [2.75, 3.05) is 13.7 Å². The number of esters is 1. The van der Waals surface area contributed by atoms with Crippen molar-refractivity contribution in [3.63, 3.8) is 0 Å². The minimum Gasteiger partial charge on any atom is -0.475 e. The number of carbonyl (C=O) groups excluding carboxylic acids is 1. The molecule has 0 aliphatic rings. The molecule has 6 nitrogen and oxygen atoms in total. The van der Waals surface area contributed by atoms with Crippen molar-refractivity contribution in [1.82, 2.24) is 0 Å². The first-order valence-corrected chi connectivity index (χ1v) is 5.73. The highest BCUT2D eigenvalue weighted by Crippen LogP contribution is 2.28. The summed E-state index contributed by atoms with van der Waals surface area (Å²) in [5.74, 6) is -0.547. The van der Waals surface area contributed by atoms with E-state index in [-0.39, 0.29) is 18.0 Å². The lowest BCUT2D eigenvalue weighted by atomic mass is 10.2. The Morgan fingerprint density at radius 3 is 2.76 bits per heavy atom. The molecule has 0 aliphatic heterocycles. The first-order valence-electron chi connectivity index (χ1n) is 4.61. The Hall–Kier alpha value is -1.63. The number of methoxy groups -OCH3 is 1. The third-order valence-electron chi connectivity index (χ3n) is 1.95. The van der Waals surface area contributed by atoms with Gasteiger partial charge in [-0.15, -0.1) is 0 Å². The first-order chi connectivity index (χ1) is 8.08. The number of ether oxygens (including phenoxy) is 2. The van der Waals surface area contributed by atoms with Crippen molar-refractivity contribution < 1.29 is 19.2 Å². The zero-order chi connectivity index (χ0) is 12.8. The second-order valence-electron chi connectivity index (χ2n) is 3.06. The molecule has 0 spiro atoms. The Balaban J connectivity index is 2.90. The Kier molecular flexibility index (Phi) is 4.89. The fourth-order valence-corrected chi connectivity index (χ4v) is 1.46. The molecule has 0 bridgehead atoms. The lowest BCUT2D eigenvalue weighted by molar-refractivity contribution is -0.385. The van der Waals surface area contributed by atoms with Gasteiger partial charge < -0.3 is 9.47 Å². The van der Waals surface area contributed by atoms with Crippen LogP contribution in [-0.2, 0) is 14.9 Å². The van der Waals surface area contributed by atoms with E-state index in [1.54, 1.807) is 6.07 Å². The van der Waals surface area contributed by atoms with E-state index in [1.165, 1.54) is 19.2 Å². The van der Waals surface area contributed by atoms with Gasteiger partial charge in [-0.1, -0.05) is 22.0 Å². The molecule has 0 N–H and O–H groups in total. The molecule has 1 aromatic carbocycles. The molecule has 0 heterocycles. The molecule has 0 fully saturated rings. The Morgan fingerprint density at radius 1 is 1.53 bits per heavy atom. The van der Waals surface area contributed by atoms with Crippen LogP contribution in [0.5, 0.6) is 5.75 Å². The van der Waals surface area contributed by atoms with Crippen LogP contribution in [0.1, 0.15) is 5.56 Å². The van der Waals surface area contributed by atoms with E-state index < -0.39 is 10.9 Å². The lowest BCUT2D eigenvalue weighted by Gasteiger charge is -2.06. The van der Waals surface area contributed by atoms with Gasteiger partial charge in [0.1, 0.15) is 0 Å². The number of hydrogen-bond acceptors (Lipinski definition) is 5. The highest BCUT2D eigenvalue weighted by atomic mass is 79.9. The maximum atomic E-state index is 10.9. The summed E-state index contributed by atoms with van der Waals surface area (Å²) in [5, 5.41) is 11.3. The Labute approximate surface area is 106 Å². The zero-order valence-corrected chi connectivity index (χ0v) is 10.6. The second-order valence-corrected chi connectivity index (χ2v) is 3.62. The fraction of sp³-hybridized carbons (Fsp3) is 0.300. The van der Waals surface area contributed by atoms with E-state index in [0.29, 0.717) is 5.33 Å². The second kappa shape index (κ2) is 6.19. The van der Waals surface area contributed by atoms with Crippen LogP contribution in [0.4, 0.5) is 5.69 Å². The van der Waals surface area contributed by atoms with Gasteiger partial charge in [0.25, 0.3) is 0 Å². The van der Waals surface area contributed by atoms with Gasteiger partial charge in [0.05, 0.1) is 12.0 Å². The van der Waals surface area contributed by atoms with Gasteiger partial charge in [0.2, 0.25) is 0 Å². The Bertz CT molecular complexity index is 435. The maximum absolute atomic E-state index is 10.9. The van der Waals surface area contributed by atoms with Crippen LogP contribution >= 0.6 is 15.9 Å². The molecule has 0 saturated heterocycles. The van der Waals surface area contributed by atoms with Crippen molar-refractivity contribution in [3.8, 4) is 5.75 Å². The van der Waals surface area contributed by atoms with Crippen LogP contribution in [0.2, 0.25) is 0 Å². The molecule has 7 heteroatoms. The van der Waals surface area contributed by atoms with Crippen molar-refractivity contribution in [2.45, 2.75) is 5.33 Å².